The minimum absolute atomic E-state index is 0.849. The van der Waals surface area contributed by atoms with Crippen molar-refractivity contribution in [2.75, 3.05) is 26.3 Å². The minimum atomic E-state index is -1.51. The molecule has 1 saturated heterocycles. The standard InChI is InChI=1S/C16H33NO2Si/c1-5-8-9-10-16(17-11-13-18-14-12-17)15-19-20(4,6-2)7-3/h15H,5-14H2,1-4H3/b16-15-. The number of nitrogens with zero attached hydrogens (tertiary/aromatic N) is 1. The molecule has 0 aromatic carbocycles. The van der Waals surface area contributed by atoms with Crippen LogP contribution in [0.4, 0.5) is 0 Å². The molecule has 0 unspecified atom stereocenters. The molecule has 0 aromatic rings. The van der Waals surface area contributed by atoms with E-state index in [9.17, 15) is 0 Å². The summed E-state index contributed by atoms with van der Waals surface area (Å²) in [6.07, 6.45) is 7.08. The Balaban J connectivity index is 2.64. The fourth-order valence-corrected chi connectivity index (χ4v) is 3.58. The van der Waals surface area contributed by atoms with E-state index >= 15 is 0 Å². The van der Waals surface area contributed by atoms with Crippen molar-refractivity contribution in [2.45, 2.75) is 65.1 Å². The van der Waals surface area contributed by atoms with Gasteiger partial charge in [0.15, 0.2) is 0 Å². The Kier molecular flexibility index (Phi) is 8.30. The van der Waals surface area contributed by atoms with Crippen molar-refractivity contribution in [3.63, 3.8) is 0 Å². The highest BCUT2D eigenvalue weighted by Crippen LogP contribution is 2.21. The molecule has 0 spiro atoms. The summed E-state index contributed by atoms with van der Waals surface area (Å²) in [7, 11) is -1.51. The second-order valence-corrected chi connectivity index (χ2v) is 10.5. The molecule has 0 aromatic heterocycles. The van der Waals surface area contributed by atoms with E-state index in [1.165, 1.54) is 37.0 Å². The molecule has 0 amide bonds. The summed E-state index contributed by atoms with van der Waals surface area (Å²) in [6.45, 7) is 12.8. The number of ether oxygens (including phenoxy) is 1. The molecule has 0 N–H and O–H groups in total. The molecular weight excluding hydrogens is 266 g/mol. The molecule has 0 radical (unpaired) electrons. The van der Waals surface area contributed by atoms with Crippen LogP contribution in [0.2, 0.25) is 18.6 Å². The average molecular weight is 300 g/mol. The van der Waals surface area contributed by atoms with E-state index in [1.54, 1.807) is 0 Å². The quantitative estimate of drug-likeness (QED) is 0.358. The normalized spacial score (nSPS) is 17.4. The number of hydrogen-bond donors (Lipinski definition) is 0. The van der Waals surface area contributed by atoms with Crippen LogP contribution in [0.25, 0.3) is 0 Å². The van der Waals surface area contributed by atoms with Gasteiger partial charge >= 0.3 is 0 Å². The Morgan fingerprint density at radius 3 is 2.35 bits per heavy atom. The predicted molar refractivity (Wildman–Crippen MR) is 88.3 cm³/mol. The van der Waals surface area contributed by atoms with Crippen LogP contribution in [-0.4, -0.2) is 39.5 Å². The first-order valence-electron chi connectivity index (χ1n) is 8.34. The van der Waals surface area contributed by atoms with Gasteiger partial charge in [0.2, 0.25) is 8.32 Å². The fraction of sp³-hybridized carbons (Fsp3) is 0.875. The molecule has 1 aliphatic rings. The third kappa shape index (κ3) is 5.88. The SMILES string of the molecule is CCCCC/C(=C/O[Si](C)(CC)CC)N1CCOCC1. The lowest BCUT2D eigenvalue weighted by atomic mass is 10.1. The maximum Gasteiger partial charge on any atom is 0.247 e. The number of rotatable bonds is 9. The summed E-state index contributed by atoms with van der Waals surface area (Å²) in [5.41, 5.74) is 1.39. The Morgan fingerprint density at radius 2 is 1.80 bits per heavy atom. The van der Waals surface area contributed by atoms with E-state index in [-0.39, 0.29) is 0 Å². The Morgan fingerprint density at radius 1 is 1.15 bits per heavy atom. The number of hydrogen-bond acceptors (Lipinski definition) is 3. The molecule has 0 atom stereocenters. The molecule has 1 aliphatic heterocycles. The lowest BCUT2D eigenvalue weighted by Crippen LogP contribution is -2.37. The smallest absolute Gasteiger partial charge is 0.247 e. The van der Waals surface area contributed by atoms with Crippen molar-refractivity contribution >= 4 is 8.32 Å². The lowest BCUT2D eigenvalue weighted by Gasteiger charge is -2.32. The van der Waals surface area contributed by atoms with Gasteiger partial charge in [0, 0.05) is 18.8 Å². The molecule has 1 fully saturated rings. The number of allylic oxidation sites excluding steroid dienone is 1. The molecule has 0 saturated carbocycles. The van der Waals surface area contributed by atoms with E-state index in [2.05, 4.69) is 38.5 Å². The zero-order valence-corrected chi connectivity index (χ0v) is 14.9. The van der Waals surface area contributed by atoms with E-state index in [1.807, 2.05) is 0 Å². The van der Waals surface area contributed by atoms with Gasteiger partial charge in [-0.25, -0.2) is 0 Å². The van der Waals surface area contributed by atoms with Crippen molar-refractivity contribution in [3.05, 3.63) is 12.0 Å². The molecular formula is C16H33NO2Si. The molecule has 0 bridgehead atoms. The van der Waals surface area contributed by atoms with E-state index in [0.717, 1.165) is 32.7 Å². The van der Waals surface area contributed by atoms with Crippen LogP contribution in [0.15, 0.2) is 12.0 Å². The van der Waals surface area contributed by atoms with Gasteiger partial charge in [0.25, 0.3) is 0 Å². The maximum absolute atomic E-state index is 6.27. The highest BCUT2D eigenvalue weighted by molar-refractivity contribution is 6.72. The van der Waals surface area contributed by atoms with Crippen molar-refractivity contribution in [1.82, 2.24) is 4.90 Å². The monoisotopic (exact) mass is 299 g/mol. The van der Waals surface area contributed by atoms with Gasteiger partial charge in [0.1, 0.15) is 0 Å². The highest BCUT2D eigenvalue weighted by Gasteiger charge is 2.25. The van der Waals surface area contributed by atoms with Crippen molar-refractivity contribution < 1.29 is 9.16 Å². The summed E-state index contributed by atoms with van der Waals surface area (Å²) < 4.78 is 11.7. The van der Waals surface area contributed by atoms with Gasteiger partial charge in [-0.15, -0.1) is 0 Å². The van der Waals surface area contributed by atoms with Gasteiger partial charge in [0.05, 0.1) is 19.5 Å². The van der Waals surface area contributed by atoms with Gasteiger partial charge in [-0.1, -0.05) is 33.6 Å². The summed E-state index contributed by atoms with van der Waals surface area (Å²) in [5.74, 6) is 0. The summed E-state index contributed by atoms with van der Waals surface area (Å²) in [5, 5.41) is 0. The highest BCUT2D eigenvalue weighted by atomic mass is 28.4. The van der Waals surface area contributed by atoms with Gasteiger partial charge < -0.3 is 14.1 Å². The molecule has 3 nitrogen and oxygen atoms in total. The number of morpholine rings is 1. The van der Waals surface area contributed by atoms with Crippen molar-refractivity contribution in [1.29, 1.82) is 0 Å². The molecule has 20 heavy (non-hydrogen) atoms. The molecule has 1 rings (SSSR count). The average Bonchev–Trinajstić information content (AvgIpc) is 2.51. The summed E-state index contributed by atoms with van der Waals surface area (Å²) in [6, 6.07) is 2.37. The Labute approximate surface area is 126 Å². The lowest BCUT2D eigenvalue weighted by molar-refractivity contribution is 0.0507. The van der Waals surface area contributed by atoms with Crippen LogP contribution in [0, 0.1) is 0 Å². The first-order valence-corrected chi connectivity index (χ1v) is 11.2. The van der Waals surface area contributed by atoms with E-state index in [0.29, 0.717) is 0 Å². The maximum atomic E-state index is 6.27. The summed E-state index contributed by atoms with van der Waals surface area (Å²) in [4.78, 5) is 2.46. The Hall–Kier alpha value is -0.483. The zero-order valence-electron chi connectivity index (χ0n) is 13.9. The molecule has 118 valence electrons. The second-order valence-electron chi connectivity index (χ2n) is 5.94. The van der Waals surface area contributed by atoms with Crippen LogP contribution < -0.4 is 0 Å². The van der Waals surface area contributed by atoms with Crippen LogP contribution in [0.1, 0.15) is 46.5 Å². The molecule has 4 heteroatoms. The van der Waals surface area contributed by atoms with Gasteiger partial charge in [-0.3, -0.25) is 0 Å². The second kappa shape index (κ2) is 9.45. The summed E-state index contributed by atoms with van der Waals surface area (Å²) >= 11 is 0. The van der Waals surface area contributed by atoms with E-state index in [4.69, 9.17) is 9.16 Å². The molecule has 0 aliphatic carbocycles. The third-order valence-electron chi connectivity index (χ3n) is 4.43. The predicted octanol–water partition coefficient (Wildman–Crippen LogP) is 4.37. The Bertz CT molecular complexity index is 284. The fourth-order valence-electron chi connectivity index (χ4n) is 2.33. The number of unbranched alkanes of at least 4 members (excludes halogenated alkanes) is 2. The first kappa shape index (κ1) is 17.6. The van der Waals surface area contributed by atoms with Crippen LogP contribution in [0.5, 0.6) is 0 Å². The third-order valence-corrected chi connectivity index (χ3v) is 8.11. The van der Waals surface area contributed by atoms with Crippen LogP contribution >= 0.6 is 0 Å². The minimum Gasteiger partial charge on any atom is -0.548 e. The first-order chi connectivity index (χ1) is 9.65. The van der Waals surface area contributed by atoms with E-state index < -0.39 is 8.32 Å². The topological polar surface area (TPSA) is 21.7 Å². The van der Waals surface area contributed by atoms with Gasteiger partial charge in [-0.2, -0.15) is 0 Å². The molecule has 1 heterocycles. The van der Waals surface area contributed by atoms with Crippen LogP contribution in [-0.2, 0) is 9.16 Å². The van der Waals surface area contributed by atoms with Crippen molar-refractivity contribution in [2.24, 2.45) is 0 Å². The largest absolute Gasteiger partial charge is 0.548 e. The zero-order chi connectivity index (χ0) is 14.8. The van der Waals surface area contributed by atoms with Crippen molar-refractivity contribution in [3.8, 4) is 0 Å². The van der Waals surface area contributed by atoms with Crippen LogP contribution in [0.3, 0.4) is 0 Å². The van der Waals surface area contributed by atoms with Gasteiger partial charge in [-0.05, 0) is 31.5 Å².